The van der Waals surface area contributed by atoms with Crippen molar-refractivity contribution in [2.75, 3.05) is 26.7 Å². The van der Waals surface area contributed by atoms with Gasteiger partial charge in [0.1, 0.15) is 23.4 Å². The minimum absolute atomic E-state index is 0.0325. The van der Waals surface area contributed by atoms with Crippen molar-refractivity contribution >= 4 is 22.7 Å². The van der Waals surface area contributed by atoms with E-state index >= 15 is 0 Å². The van der Waals surface area contributed by atoms with Crippen LogP contribution >= 0.6 is 0 Å². The number of rotatable bonds is 5. The van der Waals surface area contributed by atoms with Crippen LogP contribution in [0.2, 0.25) is 0 Å². The minimum Gasteiger partial charge on any atom is -0.369 e. The highest BCUT2D eigenvalue weighted by molar-refractivity contribution is 5.97. The Morgan fingerprint density at radius 1 is 1.36 bits per heavy atom. The Bertz CT molecular complexity index is 994. The van der Waals surface area contributed by atoms with Crippen LogP contribution in [0.25, 0.3) is 10.9 Å². The third-order valence-electron chi connectivity index (χ3n) is 4.80. The summed E-state index contributed by atoms with van der Waals surface area (Å²) in [5.41, 5.74) is 3.86. The number of pyridine rings is 1. The standard InChI is InChI=1S/C18H19F3N4O3/c1-24(7-11-2-10(20)6-25(11)8-15(22)26)18(28)13-5-23-16-12(17(13)27)3-9(19)4-14(16)21/h3-5,10-11H,2,6-8H2,1H3,(H2,22,26)(H,23,27)/t10-,11-/m0/s1. The maximum Gasteiger partial charge on any atom is 0.259 e. The first-order valence-electron chi connectivity index (χ1n) is 8.59. The molecule has 28 heavy (non-hydrogen) atoms. The number of alkyl halides is 1. The van der Waals surface area contributed by atoms with E-state index in [0.717, 1.165) is 12.3 Å². The number of carbonyl (C=O) groups excluding carboxylic acids is 2. The van der Waals surface area contributed by atoms with Gasteiger partial charge in [0.2, 0.25) is 11.3 Å². The second-order valence-corrected chi connectivity index (χ2v) is 6.91. The zero-order chi connectivity index (χ0) is 20.6. The smallest absolute Gasteiger partial charge is 0.259 e. The van der Waals surface area contributed by atoms with E-state index in [1.54, 1.807) is 4.90 Å². The Balaban J connectivity index is 1.84. The molecule has 0 bridgehead atoms. The number of carbonyl (C=O) groups is 2. The number of aromatic nitrogens is 1. The molecule has 1 aliphatic rings. The molecule has 0 spiro atoms. The normalized spacial score (nSPS) is 19.9. The molecule has 150 valence electrons. The summed E-state index contributed by atoms with van der Waals surface area (Å²) in [6.07, 6.45) is 0.0380. The average molecular weight is 396 g/mol. The number of halogens is 3. The molecule has 1 aliphatic heterocycles. The molecule has 0 radical (unpaired) electrons. The van der Waals surface area contributed by atoms with E-state index < -0.39 is 41.1 Å². The predicted octanol–water partition coefficient (Wildman–Crippen LogP) is 0.776. The van der Waals surface area contributed by atoms with Gasteiger partial charge in [-0.2, -0.15) is 0 Å². The van der Waals surface area contributed by atoms with Gasteiger partial charge in [0.25, 0.3) is 5.91 Å². The summed E-state index contributed by atoms with van der Waals surface area (Å²) < 4.78 is 41.0. The largest absolute Gasteiger partial charge is 0.369 e. The number of hydrogen-bond acceptors (Lipinski definition) is 4. The molecule has 0 saturated carbocycles. The van der Waals surface area contributed by atoms with Gasteiger partial charge < -0.3 is 15.6 Å². The SMILES string of the molecule is CN(C[C@@H]1C[C@H](F)CN1CC(N)=O)C(=O)c1c[nH]c2c(F)cc(F)cc2c1=O. The zero-order valence-corrected chi connectivity index (χ0v) is 15.0. The van der Waals surface area contributed by atoms with E-state index in [-0.39, 0.29) is 42.5 Å². The lowest BCUT2D eigenvalue weighted by molar-refractivity contribution is -0.119. The van der Waals surface area contributed by atoms with Crippen LogP contribution < -0.4 is 11.2 Å². The van der Waals surface area contributed by atoms with E-state index in [2.05, 4.69) is 4.98 Å². The van der Waals surface area contributed by atoms with Crippen molar-refractivity contribution in [3.63, 3.8) is 0 Å². The van der Waals surface area contributed by atoms with Crippen molar-refractivity contribution in [2.45, 2.75) is 18.6 Å². The quantitative estimate of drug-likeness (QED) is 0.780. The highest BCUT2D eigenvalue weighted by Crippen LogP contribution is 2.21. The molecule has 2 amide bonds. The molecule has 7 nitrogen and oxygen atoms in total. The lowest BCUT2D eigenvalue weighted by atomic mass is 10.1. The first kappa shape index (κ1) is 19.9. The molecule has 0 unspecified atom stereocenters. The molecule has 1 fully saturated rings. The van der Waals surface area contributed by atoms with Crippen LogP contribution in [0.1, 0.15) is 16.8 Å². The van der Waals surface area contributed by atoms with Gasteiger partial charge in [0.15, 0.2) is 0 Å². The molecule has 1 saturated heterocycles. The van der Waals surface area contributed by atoms with Gasteiger partial charge in [0, 0.05) is 38.4 Å². The van der Waals surface area contributed by atoms with Crippen LogP contribution in [0.5, 0.6) is 0 Å². The second kappa shape index (κ2) is 7.63. The number of likely N-dealkylation sites (N-methyl/N-ethyl adjacent to an activating group) is 1. The summed E-state index contributed by atoms with van der Waals surface area (Å²) in [6.45, 7) is -0.0471. The summed E-state index contributed by atoms with van der Waals surface area (Å²) in [4.78, 5) is 41.6. The van der Waals surface area contributed by atoms with Gasteiger partial charge in [-0.1, -0.05) is 0 Å². The number of likely N-dealkylation sites (tertiary alicyclic amines) is 1. The first-order valence-corrected chi connectivity index (χ1v) is 8.59. The molecule has 0 aliphatic carbocycles. The minimum atomic E-state index is -1.15. The van der Waals surface area contributed by atoms with Crippen LogP contribution in [-0.4, -0.2) is 65.5 Å². The Morgan fingerprint density at radius 2 is 2.07 bits per heavy atom. The van der Waals surface area contributed by atoms with Gasteiger partial charge >= 0.3 is 0 Å². The number of amides is 2. The van der Waals surface area contributed by atoms with E-state index in [1.807, 2.05) is 0 Å². The van der Waals surface area contributed by atoms with E-state index in [9.17, 15) is 27.6 Å². The van der Waals surface area contributed by atoms with Crippen molar-refractivity contribution in [3.05, 3.63) is 45.8 Å². The van der Waals surface area contributed by atoms with Crippen molar-refractivity contribution in [1.82, 2.24) is 14.8 Å². The van der Waals surface area contributed by atoms with Crippen molar-refractivity contribution < 1.29 is 22.8 Å². The number of fused-ring (bicyclic) bond motifs is 1. The lowest BCUT2D eigenvalue weighted by Crippen LogP contribution is -2.45. The van der Waals surface area contributed by atoms with Crippen molar-refractivity contribution in [3.8, 4) is 0 Å². The molecule has 2 atom stereocenters. The van der Waals surface area contributed by atoms with Gasteiger partial charge in [0.05, 0.1) is 17.4 Å². The molecule has 3 N–H and O–H groups in total. The molecule has 3 rings (SSSR count). The van der Waals surface area contributed by atoms with Crippen LogP contribution in [0.4, 0.5) is 13.2 Å². The fraction of sp³-hybridized carbons (Fsp3) is 0.389. The highest BCUT2D eigenvalue weighted by Gasteiger charge is 2.34. The Kier molecular flexibility index (Phi) is 5.41. The number of H-pyrrole nitrogens is 1. The molecule has 2 heterocycles. The number of benzene rings is 1. The first-order chi connectivity index (χ1) is 13.2. The number of aromatic amines is 1. The predicted molar refractivity (Wildman–Crippen MR) is 95.5 cm³/mol. The summed E-state index contributed by atoms with van der Waals surface area (Å²) >= 11 is 0. The Morgan fingerprint density at radius 3 is 2.75 bits per heavy atom. The van der Waals surface area contributed by atoms with Crippen LogP contribution in [0.15, 0.2) is 23.1 Å². The van der Waals surface area contributed by atoms with Crippen molar-refractivity contribution in [2.24, 2.45) is 5.73 Å². The third-order valence-corrected chi connectivity index (χ3v) is 4.80. The van der Waals surface area contributed by atoms with Crippen LogP contribution in [0, 0.1) is 11.6 Å². The summed E-state index contributed by atoms with van der Waals surface area (Å²) in [6, 6.07) is 1.05. The van der Waals surface area contributed by atoms with Crippen LogP contribution in [-0.2, 0) is 4.79 Å². The van der Waals surface area contributed by atoms with Crippen molar-refractivity contribution in [1.29, 1.82) is 0 Å². The number of nitrogens with two attached hydrogens (primary N) is 1. The highest BCUT2D eigenvalue weighted by atomic mass is 19.1. The molecule has 1 aromatic carbocycles. The number of nitrogens with zero attached hydrogens (tertiary/aromatic N) is 2. The molecule has 2 aromatic rings. The topological polar surface area (TPSA) is 99.5 Å². The van der Waals surface area contributed by atoms with E-state index in [4.69, 9.17) is 5.73 Å². The second-order valence-electron chi connectivity index (χ2n) is 6.91. The molecule has 1 aromatic heterocycles. The van der Waals surface area contributed by atoms with E-state index in [0.29, 0.717) is 6.07 Å². The fourth-order valence-corrected chi connectivity index (χ4v) is 3.52. The number of nitrogens with one attached hydrogen (secondary N) is 1. The summed E-state index contributed by atoms with van der Waals surface area (Å²) in [5, 5.41) is -0.281. The van der Waals surface area contributed by atoms with Gasteiger partial charge in [-0.15, -0.1) is 0 Å². The third kappa shape index (κ3) is 3.86. The Hall–Kier alpha value is -2.88. The fourth-order valence-electron chi connectivity index (χ4n) is 3.52. The lowest BCUT2D eigenvalue weighted by Gasteiger charge is -2.27. The van der Waals surface area contributed by atoms with Gasteiger partial charge in [-0.05, 0) is 12.5 Å². The number of primary amides is 1. The summed E-state index contributed by atoms with van der Waals surface area (Å²) in [7, 11) is 1.42. The zero-order valence-electron chi connectivity index (χ0n) is 15.0. The Labute approximate surface area is 157 Å². The van der Waals surface area contributed by atoms with Gasteiger partial charge in [-0.3, -0.25) is 19.3 Å². The van der Waals surface area contributed by atoms with Crippen LogP contribution in [0.3, 0.4) is 0 Å². The van der Waals surface area contributed by atoms with Gasteiger partial charge in [-0.25, -0.2) is 13.2 Å². The maximum atomic E-state index is 13.8. The average Bonchev–Trinajstić information content (AvgIpc) is 2.93. The molecular weight excluding hydrogens is 377 g/mol. The summed E-state index contributed by atoms with van der Waals surface area (Å²) in [5.74, 6) is -3.17. The molecule has 10 heteroatoms. The molecular formula is C18H19F3N4O3. The monoisotopic (exact) mass is 396 g/mol. The maximum absolute atomic E-state index is 13.8. The number of hydrogen-bond donors (Lipinski definition) is 2. The van der Waals surface area contributed by atoms with E-state index in [1.165, 1.54) is 11.9 Å².